The van der Waals surface area contributed by atoms with Crippen molar-refractivity contribution in [3.05, 3.63) is 41.0 Å². The van der Waals surface area contributed by atoms with Crippen LogP contribution in [0.1, 0.15) is 5.69 Å². The van der Waals surface area contributed by atoms with Crippen molar-refractivity contribution in [2.24, 2.45) is 0 Å². The molecule has 0 unspecified atom stereocenters. The molecule has 2 rings (SSSR count). The van der Waals surface area contributed by atoms with Crippen LogP contribution < -0.4 is 10.1 Å². The van der Waals surface area contributed by atoms with Crippen molar-refractivity contribution in [1.82, 2.24) is 15.1 Å². The fourth-order valence-corrected chi connectivity index (χ4v) is 1.83. The Hall–Kier alpha value is -2.05. The van der Waals surface area contributed by atoms with Crippen LogP contribution in [-0.2, 0) is 11.3 Å². The molecule has 1 amide bonds. The first-order valence-corrected chi connectivity index (χ1v) is 6.78. The number of ether oxygens (including phenoxy) is 1. The molecule has 2 aromatic rings. The average molecular weight is 309 g/mol. The second-order valence-corrected chi connectivity index (χ2v) is 5.24. The number of rotatable bonds is 6. The van der Waals surface area contributed by atoms with Crippen LogP contribution in [-0.4, -0.2) is 41.7 Å². The number of hydrogen-bond donors (Lipinski definition) is 2. The largest absolute Gasteiger partial charge is 0.484 e. The second kappa shape index (κ2) is 7.10. The molecule has 1 aromatic heterocycles. The van der Waals surface area contributed by atoms with Gasteiger partial charge in [-0.2, -0.15) is 5.10 Å². The van der Waals surface area contributed by atoms with Crippen LogP contribution in [0.3, 0.4) is 0 Å². The number of halogens is 1. The Labute approximate surface area is 128 Å². The zero-order valence-corrected chi connectivity index (χ0v) is 12.6. The Morgan fingerprint density at radius 2 is 2.10 bits per heavy atom. The van der Waals surface area contributed by atoms with Crippen molar-refractivity contribution in [2.75, 3.05) is 26.0 Å². The van der Waals surface area contributed by atoms with Gasteiger partial charge in [-0.05, 0) is 38.4 Å². The molecule has 0 saturated carbocycles. The van der Waals surface area contributed by atoms with Gasteiger partial charge in [-0.25, -0.2) is 0 Å². The van der Waals surface area contributed by atoms with Gasteiger partial charge in [0.15, 0.2) is 12.4 Å². The minimum Gasteiger partial charge on any atom is -0.484 e. The summed E-state index contributed by atoms with van der Waals surface area (Å²) in [5, 5.41) is 10.2. The maximum Gasteiger partial charge on any atom is 0.263 e. The Morgan fingerprint density at radius 1 is 1.38 bits per heavy atom. The van der Waals surface area contributed by atoms with E-state index in [1.807, 2.05) is 19.0 Å². The summed E-state index contributed by atoms with van der Waals surface area (Å²) in [6, 6.07) is 8.62. The summed E-state index contributed by atoms with van der Waals surface area (Å²) in [5.74, 6) is 0.800. The Balaban J connectivity index is 1.81. The van der Waals surface area contributed by atoms with Crippen molar-refractivity contribution in [3.63, 3.8) is 0 Å². The number of H-pyrrole nitrogens is 1. The summed E-state index contributed by atoms with van der Waals surface area (Å²) < 4.78 is 5.35. The molecule has 0 saturated heterocycles. The summed E-state index contributed by atoms with van der Waals surface area (Å²) in [4.78, 5) is 13.8. The molecule has 2 N–H and O–H groups in total. The molecule has 112 valence electrons. The minimum atomic E-state index is -0.271. The van der Waals surface area contributed by atoms with Crippen LogP contribution in [0.4, 0.5) is 5.82 Å². The highest BCUT2D eigenvalue weighted by molar-refractivity contribution is 6.30. The van der Waals surface area contributed by atoms with E-state index in [4.69, 9.17) is 16.3 Å². The van der Waals surface area contributed by atoms with Crippen LogP contribution in [0, 0.1) is 0 Å². The average Bonchev–Trinajstić information content (AvgIpc) is 2.84. The van der Waals surface area contributed by atoms with E-state index in [2.05, 4.69) is 15.5 Å². The molecule has 0 atom stereocenters. The molecule has 21 heavy (non-hydrogen) atoms. The Bertz CT molecular complexity index is 595. The summed E-state index contributed by atoms with van der Waals surface area (Å²) in [6.45, 7) is 0.641. The number of anilines is 1. The van der Waals surface area contributed by atoms with Gasteiger partial charge >= 0.3 is 0 Å². The molecule has 0 fully saturated rings. The maximum absolute atomic E-state index is 11.8. The van der Waals surface area contributed by atoms with Gasteiger partial charge in [0.05, 0.1) is 5.69 Å². The fraction of sp³-hybridized carbons (Fsp3) is 0.286. The number of amides is 1. The van der Waals surface area contributed by atoms with Crippen molar-refractivity contribution in [3.8, 4) is 5.75 Å². The van der Waals surface area contributed by atoms with E-state index in [1.54, 1.807) is 30.3 Å². The van der Waals surface area contributed by atoms with Crippen molar-refractivity contribution in [1.29, 1.82) is 0 Å². The van der Waals surface area contributed by atoms with Crippen LogP contribution in [0.2, 0.25) is 5.02 Å². The maximum atomic E-state index is 11.8. The van der Waals surface area contributed by atoms with E-state index in [1.165, 1.54) is 0 Å². The van der Waals surface area contributed by atoms with Crippen molar-refractivity contribution >= 4 is 23.3 Å². The molecule has 0 aliphatic heterocycles. The smallest absolute Gasteiger partial charge is 0.263 e. The highest BCUT2D eigenvalue weighted by Crippen LogP contribution is 2.15. The minimum absolute atomic E-state index is 0.0858. The lowest BCUT2D eigenvalue weighted by Crippen LogP contribution is -2.20. The van der Waals surface area contributed by atoms with Gasteiger partial charge in [0, 0.05) is 17.6 Å². The summed E-state index contributed by atoms with van der Waals surface area (Å²) >= 11 is 5.77. The third-order valence-electron chi connectivity index (χ3n) is 2.57. The van der Waals surface area contributed by atoms with Gasteiger partial charge < -0.3 is 15.0 Å². The molecule has 0 radical (unpaired) electrons. The predicted octanol–water partition coefficient (Wildman–Crippen LogP) is 2.14. The van der Waals surface area contributed by atoms with Crippen LogP contribution in [0.15, 0.2) is 30.3 Å². The molecular weight excluding hydrogens is 292 g/mol. The van der Waals surface area contributed by atoms with Gasteiger partial charge in [-0.15, -0.1) is 0 Å². The summed E-state index contributed by atoms with van der Waals surface area (Å²) in [7, 11) is 3.91. The first-order chi connectivity index (χ1) is 10.0. The first-order valence-electron chi connectivity index (χ1n) is 6.40. The van der Waals surface area contributed by atoms with E-state index in [-0.39, 0.29) is 12.5 Å². The zero-order valence-electron chi connectivity index (χ0n) is 11.9. The standard InChI is InChI=1S/C14H17ClN4O2/c1-19(2)8-11-7-13(18-17-11)16-14(20)9-21-12-5-3-10(15)4-6-12/h3-7H,8-9H2,1-2H3,(H2,16,17,18,20). The SMILES string of the molecule is CN(C)Cc1cc(NC(=O)COc2ccc(Cl)cc2)n[nH]1. The van der Waals surface area contributed by atoms with E-state index in [0.717, 1.165) is 12.2 Å². The zero-order chi connectivity index (χ0) is 15.2. The molecule has 0 aliphatic rings. The molecule has 1 aromatic carbocycles. The fourth-order valence-electron chi connectivity index (χ4n) is 1.71. The number of hydrogen-bond acceptors (Lipinski definition) is 4. The van der Waals surface area contributed by atoms with Crippen LogP contribution in [0.25, 0.3) is 0 Å². The monoisotopic (exact) mass is 308 g/mol. The molecule has 6 nitrogen and oxygen atoms in total. The lowest BCUT2D eigenvalue weighted by Gasteiger charge is -2.06. The molecule has 0 aliphatic carbocycles. The number of nitrogens with zero attached hydrogens (tertiary/aromatic N) is 2. The third-order valence-corrected chi connectivity index (χ3v) is 2.82. The number of nitrogens with one attached hydrogen (secondary N) is 2. The number of aromatic amines is 1. The normalized spacial score (nSPS) is 10.7. The molecule has 1 heterocycles. The number of aromatic nitrogens is 2. The summed E-state index contributed by atoms with van der Waals surface area (Å²) in [5.41, 5.74) is 0.925. The van der Waals surface area contributed by atoms with Crippen molar-refractivity contribution in [2.45, 2.75) is 6.54 Å². The first kappa shape index (κ1) is 15.3. The lowest BCUT2D eigenvalue weighted by atomic mass is 10.3. The second-order valence-electron chi connectivity index (χ2n) is 4.81. The van der Waals surface area contributed by atoms with E-state index >= 15 is 0 Å². The summed E-state index contributed by atoms with van der Waals surface area (Å²) in [6.07, 6.45) is 0. The molecule has 0 spiro atoms. The highest BCUT2D eigenvalue weighted by Gasteiger charge is 2.07. The highest BCUT2D eigenvalue weighted by atomic mass is 35.5. The van der Waals surface area contributed by atoms with Gasteiger partial charge in [-0.1, -0.05) is 11.6 Å². The Kier molecular flexibility index (Phi) is 5.19. The van der Waals surface area contributed by atoms with Gasteiger partial charge in [-0.3, -0.25) is 9.89 Å². The number of benzene rings is 1. The van der Waals surface area contributed by atoms with Crippen LogP contribution >= 0.6 is 11.6 Å². The lowest BCUT2D eigenvalue weighted by molar-refractivity contribution is -0.118. The van der Waals surface area contributed by atoms with E-state index < -0.39 is 0 Å². The Morgan fingerprint density at radius 3 is 2.76 bits per heavy atom. The topological polar surface area (TPSA) is 70.2 Å². The number of carbonyl (C=O) groups excluding carboxylic acids is 1. The van der Waals surface area contributed by atoms with E-state index in [0.29, 0.717) is 16.6 Å². The molecular formula is C14H17ClN4O2. The third kappa shape index (κ3) is 5.09. The van der Waals surface area contributed by atoms with Gasteiger partial charge in [0.25, 0.3) is 5.91 Å². The number of carbonyl (C=O) groups is 1. The van der Waals surface area contributed by atoms with Gasteiger partial charge in [0.2, 0.25) is 0 Å². The molecule has 7 heteroatoms. The van der Waals surface area contributed by atoms with Crippen LogP contribution in [0.5, 0.6) is 5.75 Å². The van der Waals surface area contributed by atoms with Gasteiger partial charge in [0.1, 0.15) is 5.75 Å². The van der Waals surface area contributed by atoms with Crippen molar-refractivity contribution < 1.29 is 9.53 Å². The van der Waals surface area contributed by atoms with E-state index in [9.17, 15) is 4.79 Å². The molecule has 0 bridgehead atoms. The predicted molar refractivity (Wildman–Crippen MR) is 81.6 cm³/mol. The quantitative estimate of drug-likeness (QED) is 0.858.